The molecule has 0 saturated heterocycles. The lowest BCUT2D eigenvalue weighted by atomic mass is 10.1. The molecule has 1 aromatic carbocycles. The first kappa shape index (κ1) is 12.8. The molecule has 2 rings (SSSR count). The summed E-state index contributed by atoms with van der Waals surface area (Å²) in [7, 11) is 0. The third-order valence-corrected chi connectivity index (χ3v) is 3.71. The fourth-order valence-corrected chi connectivity index (χ4v) is 2.62. The van der Waals surface area contributed by atoms with E-state index < -0.39 is 0 Å². The van der Waals surface area contributed by atoms with Crippen molar-refractivity contribution in [2.45, 2.75) is 44.9 Å². The average Bonchev–Trinajstić information content (AvgIpc) is 2.81. The molecule has 0 fully saturated rings. The van der Waals surface area contributed by atoms with Gasteiger partial charge in [0.15, 0.2) is 0 Å². The Balaban J connectivity index is 1.69. The molecule has 0 saturated carbocycles. The van der Waals surface area contributed by atoms with Crippen LogP contribution in [0.25, 0.3) is 0 Å². The van der Waals surface area contributed by atoms with Crippen molar-refractivity contribution in [3.8, 4) is 5.75 Å². The normalized spacial score (nSPS) is 13.7. The SMILES string of the molecule is SCCCCCCOc1ccc2c(c1)CCC2. The Hall–Kier alpha value is -0.630. The number of hydrogen-bond donors (Lipinski definition) is 1. The van der Waals surface area contributed by atoms with E-state index in [-0.39, 0.29) is 0 Å². The molecule has 17 heavy (non-hydrogen) atoms. The van der Waals surface area contributed by atoms with E-state index in [1.165, 1.54) is 49.7 Å². The molecule has 0 amide bonds. The van der Waals surface area contributed by atoms with Crippen LogP contribution in [0.5, 0.6) is 5.75 Å². The van der Waals surface area contributed by atoms with Crippen LogP contribution in [0.1, 0.15) is 43.2 Å². The second-order valence-electron chi connectivity index (χ2n) is 4.77. The molecule has 1 aliphatic carbocycles. The van der Waals surface area contributed by atoms with E-state index in [1.54, 1.807) is 0 Å². The Kier molecular flexibility index (Phi) is 5.24. The number of benzene rings is 1. The van der Waals surface area contributed by atoms with Gasteiger partial charge in [-0.25, -0.2) is 0 Å². The molecule has 0 heterocycles. The largest absolute Gasteiger partial charge is 0.494 e. The monoisotopic (exact) mass is 250 g/mol. The molecule has 0 unspecified atom stereocenters. The third kappa shape index (κ3) is 3.95. The van der Waals surface area contributed by atoms with Crippen molar-refractivity contribution in [2.24, 2.45) is 0 Å². The highest BCUT2D eigenvalue weighted by Gasteiger charge is 2.10. The molecule has 1 aromatic rings. The highest BCUT2D eigenvalue weighted by atomic mass is 32.1. The Morgan fingerprint density at radius 1 is 1.00 bits per heavy atom. The quantitative estimate of drug-likeness (QED) is 0.567. The number of ether oxygens (including phenoxy) is 1. The molecule has 0 aliphatic heterocycles. The number of aryl methyl sites for hydroxylation is 2. The first-order valence-corrected chi connectivity index (χ1v) is 7.39. The summed E-state index contributed by atoms with van der Waals surface area (Å²) < 4.78 is 5.79. The summed E-state index contributed by atoms with van der Waals surface area (Å²) in [4.78, 5) is 0. The van der Waals surface area contributed by atoms with Crippen molar-refractivity contribution in [3.63, 3.8) is 0 Å². The molecule has 94 valence electrons. The zero-order valence-corrected chi connectivity index (χ0v) is 11.3. The topological polar surface area (TPSA) is 9.23 Å². The maximum Gasteiger partial charge on any atom is 0.119 e. The van der Waals surface area contributed by atoms with Gasteiger partial charge in [-0.3, -0.25) is 0 Å². The standard InChI is InChI=1S/C15H22OS/c17-11-4-2-1-3-10-16-15-9-8-13-6-5-7-14(13)12-15/h8-9,12,17H,1-7,10-11H2. The minimum absolute atomic E-state index is 0.853. The fraction of sp³-hybridized carbons (Fsp3) is 0.600. The minimum Gasteiger partial charge on any atom is -0.494 e. The highest BCUT2D eigenvalue weighted by Crippen LogP contribution is 2.26. The summed E-state index contributed by atoms with van der Waals surface area (Å²) in [6, 6.07) is 6.59. The van der Waals surface area contributed by atoms with Gasteiger partial charge in [0, 0.05) is 0 Å². The van der Waals surface area contributed by atoms with Gasteiger partial charge in [-0.2, -0.15) is 12.6 Å². The van der Waals surface area contributed by atoms with Crippen molar-refractivity contribution in [2.75, 3.05) is 12.4 Å². The molecule has 0 spiro atoms. The van der Waals surface area contributed by atoms with Gasteiger partial charge in [0.2, 0.25) is 0 Å². The lowest BCUT2D eigenvalue weighted by molar-refractivity contribution is 0.305. The van der Waals surface area contributed by atoms with Crippen molar-refractivity contribution in [3.05, 3.63) is 29.3 Å². The van der Waals surface area contributed by atoms with Crippen LogP contribution in [-0.2, 0) is 12.8 Å². The molecular formula is C15H22OS. The van der Waals surface area contributed by atoms with Crippen LogP contribution < -0.4 is 4.74 Å². The summed E-state index contributed by atoms with van der Waals surface area (Å²) in [6.45, 7) is 0.853. The lowest BCUT2D eigenvalue weighted by Crippen LogP contribution is -1.98. The van der Waals surface area contributed by atoms with Crippen LogP contribution in [0, 0.1) is 0 Å². The van der Waals surface area contributed by atoms with Gasteiger partial charge in [-0.15, -0.1) is 0 Å². The van der Waals surface area contributed by atoms with Crippen LogP contribution in [0.2, 0.25) is 0 Å². The molecule has 0 radical (unpaired) electrons. The first-order chi connectivity index (χ1) is 8.40. The van der Waals surface area contributed by atoms with Crippen molar-refractivity contribution in [1.82, 2.24) is 0 Å². The Morgan fingerprint density at radius 2 is 1.82 bits per heavy atom. The van der Waals surface area contributed by atoms with Crippen LogP contribution >= 0.6 is 12.6 Å². The van der Waals surface area contributed by atoms with Crippen LogP contribution in [0.4, 0.5) is 0 Å². The fourth-order valence-electron chi connectivity index (χ4n) is 2.40. The Labute approximate surface area is 110 Å². The van der Waals surface area contributed by atoms with Gasteiger partial charge in [-0.05, 0) is 61.1 Å². The number of rotatable bonds is 7. The van der Waals surface area contributed by atoms with Gasteiger partial charge in [0.1, 0.15) is 5.75 Å². The number of hydrogen-bond acceptors (Lipinski definition) is 2. The van der Waals surface area contributed by atoms with Crippen LogP contribution in [0.15, 0.2) is 18.2 Å². The molecule has 1 aliphatic rings. The zero-order valence-electron chi connectivity index (χ0n) is 10.5. The van der Waals surface area contributed by atoms with Crippen molar-refractivity contribution in [1.29, 1.82) is 0 Å². The molecule has 0 atom stereocenters. The predicted molar refractivity (Wildman–Crippen MR) is 76.3 cm³/mol. The molecular weight excluding hydrogens is 228 g/mol. The second-order valence-corrected chi connectivity index (χ2v) is 5.22. The number of unbranched alkanes of at least 4 members (excludes halogenated alkanes) is 3. The van der Waals surface area contributed by atoms with Crippen LogP contribution in [0.3, 0.4) is 0 Å². The maximum absolute atomic E-state index is 5.79. The van der Waals surface area contributed by atoms with Gasteiger partial charge in [0.25, 0.3) is 0 Å². The smallest absolute Gasteiger partial charge is 0.119 e. The van der Waals surface area contributed by atoms with E-state index in [9.17, 15) is 0 Å². The molecule has 0 aromatic heterocycles. The highest BCUT2D eigenvalue weighted by molar-refractivity contribution is 7.80. The van der Waals surface area contributed by atoms with E-state index in [2.05, 4.69) is 30.8 Å². The van der Waals surface area contributed by atoms with E-state index in [4.69, 9.17) is 4.74 Å². The maximum atomic E-state index is 5.79. The van der Waals surface area contributed by atoms with E-state index in [0.717, 1.165) is 24.5 Å². The van der Waals surface area contributed by atoms with Gasteiger partial charge >= 0.3 is 0 Å². The molecule has 1 nitrogen and oxygen atoms in total. The lowest BCUT2D eigenvalue weighted by Gasteiger charge is -2.08. The summed E-state index contributed by atoms with van der Waals surface area (Å²) in [5, 5.41) is 0. The average molecular weight is 250 g/mol. The van der Waals surface area contributed by atoms with E-state index in [1.807, 2.05) is 0 Å². The predicted octanol–water partition coefficient (Wildman–Crippen LogP) is 4.04. The second kappa shape index (κ2) is 6.95. The summed E-state index contributed by atoms with van der Waals surface area (Å²) in [5.74, 6) is 2.06. The summed E-state index contributed by atoms with van der Waals surface area (Å²) in [5.41, 5.74) is 3.02. The Bertz CT molecular complexity index is 349. The Morgan fingerprint density at radius 3 is 2.71 bits per heavy atom. The first-order valence-electron chi connectivity index (χ1n) is 6.75. The number of thiol groups is 1. The van der Waals surface area contributed by atoms with Crippen molar-refractivity contribution < 1.29 is 4.74 Å². The van der Waals surface area contributed by atoms with Gasteiger partial charge in [0.05, 0.1) is 6.61 Å². The van der Waals surface area contributed by atoms with E-state index in [0.29, 0.717) is 0 Å². The summed E-state index contributed by atoms with van der Waals surface area (Å²) >= 11 is 4.21. The van der Waals surface area contributed by atoms with Crippen LogP contribution in [-0.4, -0.2) is 12.4 Å². The third-order valence-electron chi connectivity index (χ3n) is 3.39. The molecule has 0 N–H and O–H groups in total. The number of fused-ring (bicyclic) bond motifs is 1. The van der Waals surface area contributed by atoms with E-state index >= 15 is 0 Å². The zero-order chi connectivity index (χ0) is 11.9. The summed E-state index contributed by atoms with van der Waals surface area (Å²) in [6.07, 6.45) is 8.70. The molecule has 2 heteroatoms. The van der Waals surface area contributed by atoms with Crippen molar-refractivity contribution >= 4 is 12.6 Å². The molecule has 0 bridgehead atoms. The van der Waals surface area contributed by atoms with Gasteiger partial charge < -0.3 is 4.74 Å². The minimum atomic E-state index is 0.853. The van der Waals surface area contributed by atoms with Gasteiger partial charge in [-0.1, -0.05) is 18.9 Å².